The van der Waals surface area contributed by atoms with Crippen LogP contribution in [0.4, 0.5) is 0 Å². The molecule has 1 aromatic rings. The number of hydrogen-bond acceptors (Lipinski definition) is 5. The molecule has 1 aliphatic heterocycles. The summed E-state index contributed by atoms with van der Waals surface area (Å²) in [7, 11) is 1.63. The first-order chi connectivity index (χ1) is 12.1. The number of hydrogen-bond donors (Lipinski definition) is 2. The zero-order chi connectivity index (χ0) is 17.8. The number of aliphatic hydroxyl groups excluding tert-OH is 1. The van der Waals surface area contributed by atoms with Crippen LogP contribution in [0.5, 0.6) is 11.5 Å². The molecule has 1 saturated heterocycles. The molecular formula is C19H28N2O4. The minimum Gasteiger partial charge on any atom is -0.493 e. The van der Waals surface area contributed by atoms with E-state index in [2.05, 4.69) is 0 Å². The first kappa shape index (κ1) is 18.0. The molecule has 0 bridgehead atoms. The van der Waals surface area contributed by atoms with Crippen LogP contribution in [0.3, 0.4) is 0 Å². The summed E-state index contributed by atoms with van der Waals surface area (Å²) in [5, 5.41) is 9.73. The van der Waals surface area contributed by atoms with Gasteiger partial charge in [0.1, 0.15) is 6.10 Å². The number of amides is 1. The van der Waals surface area contributed by atoms with Crippen LogP contribution < -0.4 is 15.2 Å². The van der Waals surface area contributed by atoms with E-state index >= 15 is 0 Å². The molecule has 1 aromatic carbocycles. The number of ether oxygens (including phenoxy) is 2. The van der Waals surface area contributed by atoms with Gasteiger partial charge in [0.15, 0.2) is 11.5 Å². The maximum Gasteiger partial charge on any atom is 0.225 e. The number of aliphatic hydroxyl groups is 1. The SMILES string of the molecule is COc1ccccc1OC1CCN(C(=O)[C@H]2CC[C@@H](O)[C@H](N)C2)CC1. The predicted molar refractivity (Wildman–Crippen MR) is 94.5 cm³/mol. The van der Waals surface area contributed by atoms with E-state index in [1.54, 1.807) is 7.11 Å². The van der Waals surface area contributed by atoms with Crippen molar-refractivity contribution in [2.24, 2.45) is 11.7 Å². The standard InChI is InChI=1S/C19H28N2O4/c1-24-17-4-2-3-5-18(17)25-14-8-10-21(11-9-14)19(23)13-6-7-16(22)15(20)12-13/h2-5,13-16,22H,6-12,20H2,1H3/t13-,15+,16+/m0/s1. The average Bonchev–Trinajstić information content (AvgIpc) is 2.64. The van der Waals surface area contributed by atoms with Crippen LogP contribution in [0, 0.1) is 5.92 Å². The van der Waals surface area contributed by atoms with E-state index in [4.69, 9.17) is 15.2 Å². The first-order valence-corrected chi connectivity index (χ1v) is 9.10. The number of nitrogens with zero attached hydrogens (tertiary/aromatic N) is 1. The molecule has 25 heavy (non-hydrogen) atoms. The third-order valence-corrected chi connectivity index (χ3v) is 5.33. The zero-order valence-electron chi connectivity index (χ0n) is 14.8. The monoisotopic (exact) mass is 348 g/mol. The van der Waals surface area contributed by atoms with Gasteiger partial charge in [-0.05, 0) is 31.4 Å². The van der Waals surface area contributed by atoms with Crippen LogP contribution in [0.1, 0.15) is 32.1 Å². The Kier molecular flexibility index (Phi) is 5.81. The molecule has 2 fully saturated rings. The van der Waals surface area contributed by atoms with Crippen LogP contribution in [-0.4, -0.2) is 54.4 Å². The number of benzene rings is 1. The van der Waals surface area contributed by atoms with Crippen LogP contribution >= 0.6 is 0 Å². The predicted octanol–water partition coefficient (Wildman–Crippen LogP) is 1.55. The zero-order valence-corrected chi connectivity index (χ0v) is 14.8. The molecule has 1 heterocycles. The second-order valence-corrected chi connectivity index (χ2v) is 7.03. The van der Waals surface area contributed by atoms with E-state index in [0.29, 0.717) is 25.9 Å². The summed E-state index contributed by atoms with van der Waals surface area (Å²) in [4.78, 5) is 14.6. The average molecular weight is 348 g/mol. The van der Waals surface area contributed by atoms with Gasteiger partial charge in [-0.1, -0.05) is 12.1 Å². The molecule has 3 rings (SSSR count). The second-order valence-electron chi connectivity index (χ2n) is 7.03. The van der Waals surface area contributed by atoms with Crippen LogP contribution in [-0.2, 0) is 4.79 Å². The van der Waals surface area contributed by atoms with Crippen LogP contribution in [0.25, 0.3) is 0 Å². The molecular weight excluding hydrogens is 320 g/mol. The summed E-state index contributed by atoms with van der Waals surface area (Å²) < 4.78 is 11.4. The highest BCUT2D eigenvalue weighted by Gasteiger charge is 2.34. The first-order valence-electron chi connectivity index (χ1n) is 9.10. The molecule has 0 aromatic heterocycles. The van der Waals surface area contributed by atoms with E-state index < -0.39 is 6.10 Å². The largest absolute Gasteiger partial charge is 0.493 e. The summed E-state index contributed by atoms with van der Waals surface area (Å²) >= 11 is 0. The lowest BCUT2D eigenvalue weighted by Crippen LogP contribution is -2.48. The Labute approximate surface area is 148 Å². The molecule has 3 N–H and O–H groups in total. The Balaban J connectivity index is 1.51. The molecule has 0 unspecified atom stereocenters. The van der Waals surface area contributed by atoms with E-state index in [1.807, 2.05) is 29.2 Å². The van der Waals surface area contributed by atoms with Crippen molar-refractivity contribution in [2.45, 2.75) is 50.4 Å². The summed E-state index contributed by atoms with van der Waals surface area (Å²) in [5.74, 6) is 1.61. The van der Waals surface area contributed by atoms with Gasteiger partial charge in [-0.25, -0.2) is 0 Å². The van der Waals surface area contributed by atoms with Crippen molar-refractivity contribution in [3.05, 3.63) is 24.3 Å². The molecule has 1 aliphatic carbocycles. The van der Waals surface area contributed by atoms with Gasteiger partial charge in [0.05, 0.1) is 13.2 Å². The van der Waals surface area contributed by atoms with Gasteiger partial charge in [0.2, 0.25) is 5.91 Å². The Morgan fingerprint density at radius 2 is 1.84 bits per heavy atom. The minimum atomic E-state index is -0.468. The molecule has 1 saturated carbocycles. The summed E-state index contributed by atoms with van der Waals surface area (Å²) in [6.45, 7) is 1.40. The maximum atomic E-state index is 12.7. The minimum absolute atomic E-state index is 0.0508. The van der Waals surface area contributed by atoms with Crippen LogP contribution in [0.2, 0.25) is 0 Å². The van der Waals surface area contributed by atoms with Crippen molar-refractivity contribution in [1.82, 2.24) is 4.90 Å². The molecule has 1 amide bonds. The highest BCUT2D eigenvalue weighted by Crippen LogP contribution is 2.30. The van der Waals surface area contributed by atoms with Gasteiger partial charge in [-0.3, -0.25) is 4.79 Å². The molecule has 2 aliphatic rings. The number of carbonyl (C=O) groups is 1. The lowest BCUT2D eigenvalue weighted by molar-refractivity contribution is -0.139. The molecule has 3 atom stereocenters. The van der Waals surface area contributed by atoms with Crippen molar-refractivity contribution in [3.8, 4) is 11.5 Å². The Morgan fingerprint density at radius 1 is 1.16 bits per heavy atom. The summed E-state index contributed by atoms with van der Waals surface area (Å²) in [6, 6.07) is 7.35. The smallest absolute Gasteiger partial charge is 0.225 e. The number of para-hydroxylation sites is 2. The van der Waals surface area contributed by atoms with Crippen molar-refractivity contribution < 1.29 is 19.4 Å². The fraction of sp³-hybridized carbons (Fsp3) is 0.632. The Hall–Kier alpha value is -1.79. The second kappa shape index (κ2) is 8.06. The normalized spacial score (nSPS) is 27.8. The summed E-state index contributed by atoms with van der Waals surface area (Å²) in [6.07, 6.45) is 3.17. The molecule has 0 spiro atoms. The van der Waals surface area contributed by atoms with Crippen molar-refractivity contribution in [3.63, 3.8) is 0 Å². The third-order valence-electron chi connectivity index (χ3n) is 5.33. The number of rotatable bonds is 4. The fourth-order valence-corrected chi connectivity index (χ4v) is 3.76. The van der Waals surface area contributed by atoms with Gasteiger partial charge in [-0.2, -0.15) is 0 Å². The van der Waals surface area contributed by atoms with Crippen molar-refractivity contribution in [2.75, 3.05) is 20.2 Å². The van der Waals surface area contributed by atoms with E-state index in [0.717, 1.165) is 30.8 Å². The highest BCUT2D eigenvalue weighted by molar-refractivity contribution is 5.79. The highest BCUT2D eigenvalue weighted by atomic mass is 16.5. The van der Waals surface area contributed by atoms with Gasteiger partial charge in [0.25, 0.3) is 0 Å². The number of piperidine rings is 1. The van der Waals surface area contributed by atoms with Gasteiger partial charge in [-0.15, -0.1) is 0 Å². The van der Waals surface area contributed by atoms with Gasteiger partial charge < -0.3 is 25.2 Å². The topological polar surface area (TPSA) is 85.0 Å². The Morgan fingerprint density at radius 3 is 2.48 bits per heavy atom. The fourth-order valence-electron chi connectivity index (χ4n) is 3.76. The quantitative estimate of drug-likeness (QED) is 0.862. The van der Waals surface area contributed by atoms with Gasteiger partial charge in [0, 0.05) is 37.9 Å². The summed E-state index contributed by atoms with van der Waals surface area (Å²) in [5.41, 5.74) is 5.92. The Bertz CT molecular complexity index is 587. The lowest BCUT2D eigenvalue weighted by atomic mass is 9.83. The third kappa shape index (κ3) is 4.25. The number of likely N-dealkylation sites (tertiary alicyclic amines) is 1. The molecule has 6 nitrogen and oxygen atoms in total. The lowest BCUT2D eigenvalue weighted by Gasteiger charge is -2.37. The van der Waals surface area contributed by atoms with E-state index in [1.165, 1.54) is 0 Å². The molecule has 6 heteroatoms. The number of carbonyl (C=O) groups excluding carboxylic acids is 1. The van der Waals surface area contributed by atoms with E-state index in [-0.39, 0.29) is 24.0 Å². The molecule has 0 radical (unpaired) electrons. The maximum absolute atomic E-state index is 12.7. The van der Waals surface area contributed by atoms with Gasteiger partial charge >= 0.3 is 0 Å². The number of methoxy groups -OCH3 is 1. The number of nitrogens with two attached hydrogens (primary N) is 1. The molecule has 138 valence electrons. The van der Waals surface area contributed by atoms with Crippen LogP contribution in [0.15, 0.2) is 24.3 Å². The van der Waals surface area contributed by atoms with E-state index in [9.17, 15) is 9.90 Å². The van der Waals surface area contributed by atoms with Crippen molar-refractivity contribution in [1.29, 1.82) is 0 Å². The van der Waals surface area contributed by atoms with Crippen molar-refractivity contribution >= 4 is 5.91 Å².